The Balaban J connectivity index is 0.00000106. The van der Waals surface area contributed by atoms with Crippen LogP contribution >= 0.6 is 40.4 Å². The van der Waals surface area contributed by atoms with Gasteiger partial charge in [-0.15, -0.1) is 0 Å². The quantitative estimate of drug-likeness (QED) is 0.0357. The molecule has 0 N–H and O–H groups in total. The molecule has 7 heteroatoms. The van der Waals surface area contributed by atoms with Crippen LogP contribution in [0.4, 0.5) is 0 Å². The number of unbranched alkanes of at least 4 members (excludes halogenated alkanes) is 30. The summed E-state index contributed by atoms with van der Waals surface area (Å²) in [6.07, 6.45) is 46.3. The SMILES string of the molecule is CCCCCCCCCCCCCCCCCC[N+](C)(C)Cc1ccccc1.CCCCCCCCCCCCCCCCCC[N+](C)(C)Cc1ccccc1.[Cl][Cu-2]([Cl])([Cl])[Cl]. The second kappa shape index (κ2) is 42.7. The van der Waals surface area contributed by atoms with Crippen LogP contribution in [0.5, 0.6) is 0 Å². The summed E-state index contributed by atoms with van der Waals surface area (Å²) in [6.45, 7) is 9.50. The van der Waals surface area contributed by atoms with E-state index in [2.05, 4.69) is 103 Å². The molecule has 0 unspecified atom stereocenters. The third-order valence-corrected chi connectivity index (χ3v) is 12.1. The molecule has 2 nitrogen and oxygen atoms in total. The molecule has 0 atom stereocenters. The first kappa shape index (κ1) is 61.0. The van der Waals surface area contributed by atoms with Crippen molar-refractivity contribution in [2.24, 2.45) is 0 Å². The minimum absolute atomic E-state index is 1.11. The molecule has 0 aliphatic carbocycles. The first-order valence-electron chi connectivity index (χ1n) is 25.5. The molecule has 2 aromatic rings. The summed E-state index contributed by atoms with van der Waals surface area (Å²) in [4.78, 5) is 0. The second-order valence-electron chi connectivity index (χ2n) is 19.5. The van der Waals surface area contributed by atoms with Crippen LogP contribution in [-0.4, -0.2) is 50.2 Å². The van der Waals surface area contributed by atoms with Crippen LogP contribution in [0.1, 0.15) is 230 Å². The number of hydrogen-bond donors (Lipinski definition) is 0. The van der Waals surface area contributed by atoms with E-state index in [4.69, 9.17) is 40.4 Å². The van der Waals surface area contributed by atoms with Gasteiger partial charge in [-0.05, 0) is 25.7 Å². The van der Waals surface area contributed by atoms with Crippen molar-refractivity contribution in [3.8, 4) is 0 Å². The van der Waals surface area contributed by atoms with Crippen molar-refractivity contribution in [2.75, 3.05) is 41.3 Å². The van der Waals surface area contributed by atoms with Crippen LogP contribution < -0.4 is 0 Å². The van der Waals surface area contributed by atoms with Gasteiger partial charge in [0, 0.05) is 11.1 Å². The van der Waals surface area contributed by atoms with E-state index in [1.165, 1.54) is 230 Å². The Bertz CT molecular complexity index is 1070. The summed E-state index contributed by atoms with van der Waals surface area (Å²) in [5.74, 6) is 0. The normalized spacial score (nSPS) is 12.1. The standard InChI is InChI=1S/2C27H50N.4ClH.Cu/c2*1-4-5-6-7-8-9-10-11-12-13-14-15-16-17-18-22-25-28(2,3)26-27-23-20-19-21-24-27;;;;;/h2*19-21,23-24H,4-18,22,25-26H2,1-3H3;4*1H;/q2*+1;;;;;+2/p-4. The molecular formula is C54H100Cl4CuN2. The third-order valence-electron chi connectivity index (χ3n) is 12.1. The van der Waals surface area contributed by atoms with Crippen LogP contribution in [0, 0.1) is 0 Å². The number of hydrogen-bond acceptors (Lipinski definition) is 0. The van der Waals surface area contributed by atoms with Crippen LogP contribution in [0.3, 0.4) is 0 Å². The van der Waals surface area contributed by atoms with Crippen molar-refractivity contribution < 1.29 is 18.2 Å². The molecule has 0 heterocycles. The van der Waals surface area contributed by atoms with Crippen molar-refractivity contribution in [2.45, 2.75) is 232 Å². The summed E-state index contributed by atoms with van der Waals surface area (Å²) in [7, 11) is 26.9. The van der Waals surface area contributed by atoms with Gasteiger partial charge >= 0.3 is 49.6 Å². The molecule has 0 aliphatic rings. The van der Waals surface area contributed by atoms with E-state index in [-0.39, 0.29) is 0 Å². The summed E-state index contributed by atoms with van der Waals surface area (Å²) < 4.78 is 2.23. The zero-order chi connectivity index (χ0) is 45.2. The van der Waals surface area contributed by atoms with Gasteiger partial charge in [0.05, 0.1) is 41.3 Å². The van der Waals surface area contributed by atoms with E-state index in [1.54, 1.807) is 0 Å². The number of quaternary nitrogens is 2. The van der Waals surface area contributed by atoms with Crippen LogP contribution in [0.15, 0.2) is 60.7 Å². The molecular weight excluding hydrogens is 882 g/mol. The Morgan fingerprint density at radius 2 is 0.492 bits per heavy atom. The van der Waals surface area contributed by atoms with Crippen molar-refractivity contribution in [1.82, 2.24) is 0 Å². The molecule has 0 saturated heterocycles. The van der Waals surface area contributed by atoms with Gasteiger partial charge in [-0.2, -0.15) is 0 Å². The zero-order valence-electron chi connectivity index (χ0n) is 40.9. The fourth-order valence-corrected chi connectivity index (χ4v) is 8.49. The second-order valence-corrected chi connectivity index (χ2v) is 28.8. The average Bonchev–Trinajstić information content (AvgIpc) is 3.20. The Labute approximate surface area is 401 Å². The fraction of sp³-hybridized carbons (Fsp3) is 0.778. The summed E-state index contributed by atoms with van der Waals surface area (Å²) in [6, 6.07) is 21.9. The van der Waals surface area contributed by atoms with Crippen molar-refractivity contribution >= 4 is 40.4 Å². The minimum atomic E-state index is -2.24. The van der Waals surface area contributed by atoms with Gasteiger partial charge in [0.15, 0.2) is 0 Å². The van der Waals surface area contributed by atoms with Gasteiger partial charge in [-0.1, -0.05) is 254 Å². The first-order chi connectivity index (χ1) is 29.3. The molecule has 0 aromatic heterocycles. The Morgan fingerprint density at radius 3 is 0.689 bits per heavy atom. The molecule has 0 spiro atoms. The first-order valence-corrected chi connectivity index (χ1v) is 30.6. The van der Waals surface area contributed by atoms with Gasteiger partial charge in [0.25, 0.3) is 0 Å². The molecule has 2 rings (SSSR count). The maximum absolute atomic E-state index is 4.90. The molecule has 0 radical (unpaired) electrons. The van der Waals surface area contributed by atoms with Crippen molar-refractivity contribution in [1.29, 1.82) is 0 Å². The zero-order valence-corrected chi connectivity index (χ0v) is 44.9. The van der Waals surface area contributed by atoms with E-state index in [0.717, 1.165) is 22.1 Å². The summed E-state index contributed by atoms with van der Waals surface area (Å²) in [5.41, 5.74) is 2.92. The third kappa shape index (κ3) is 49.3. The predicted octanol–water partition coefficient (Wildman–Crippen LogP) is 19.8. The van der Waals surface area contributed by atoms with E-state index in [0.29, 0.717) is 0 Å². The molecule has 61 heavy (non-hydrogen) atoms. The van der Waals surface area contributed by atoms with Crippen LogP contribution in [0.25, 0.3) is 0 Å². The van der Waals surface area contributed by atoms with Crippen molar-refractivity contribution in [3.63, 3.8) is 0 Å². The van der Waals surface area contributed by atoms with Gasteiger partial charge in [-0.3, -0.25) is 0 Å². The number of nitrogens with zero attached hydrogens (tertiary/aromatic N) is 2. The topological polar surface area (TPSA) is 0 Å². The predicted molar refractivity (Wildman–Crippen MR) is 277 cm³/mol. The molecule has 0 aliphatic heterocycles. The molecule has 2 aromatic carbocycles. The summed E-state index contributed by atoms with van der Waals surface area (Å²) >= 11 is 0. The molecule has 0 bridgehead atoms. The van der Waals surface area contributed by atoms with E-state index < -0.39 is 9.20 Å². The van der Waals surface area contributed by atoms with Crippen LogP contribution in [0.2, 0.25) is 0 Å². The Kier molecular flexibility index (Phi) is 42.7. The van der Waals surface area contributed by atoms with E-state index >= 15 is 0 Å². The Hall–Kier alpha value is 0.0395. The molecule has 0 fully saturated rings. The van der Waals surface area contributed by atoms with Gasteiger partial charge in [0.1, 0.15) is 13.1 Å². The van der Waals surface area contributed by atoms with Gasteiger partial charge in [0.2, 0.25) is 0 Å². The molecule has 365 valence electrons. The van der Waals surface area contributed by atoms with Gasteiger partial charge < -0.3 is 8.97 Å². The van der Waals surface area contributed by atoms with E-state index in [9.17, 15) is 0 Å². The molecule has 0 saturated carbocycles. The fourth-order valence-electron chi connectivity index (χ4n) is 8.49. The average molecular weight is 983 g/mol. The maximum atomic E-state index is 4.90. The van der Waals surface area contributed by atoms with Gasteiger partial charge in [-0.25, -0.2) is 0 Å². The van der Waals surface area contributed by atoms with Crippen molar-refractivity contribution in [3.05, 3.63) is 71.8 Å². The van der Waals surface area contributed by atoms with Crippen LogP contribution in [-0.2, 0) is 22.3 Å². The monoisotopic (exact) mass is 980 g/mol. The number of halogens is 4. The number of rotatable bonds is 38. The summed E-state index contributed by atoms with van der Waals surface area (Å²) in [5, 5.41) is 0. The number of benzene rings is 2. The Morgan fingerprint density at radius 1 is 0.311 bits per heavy atom. The molecule has 0 amide bonds. The van der Waals surface area contributed by atoms with E-state index in [1.807, 2.05) is 0 Å².